The van der Waals surface area contributed by atoms with E-state index in [1.807, 2.05) is 12.3 Å². The second-order valence-electron chi connectivity index (χ2n) is 5.58. The molecule has 2 nitrogen and oxygen atoms in total. The van der Waals surface area contributed by atoms with Crippen molar-refractivity contribution >= 4 is 0 Å². The van der Waals surface area contributed by atoms with Crippen molar-refractivity contribution in [3.63, 3.8) is 0 Å². The van der Waals surface area contributed by atoms with Crippen molar-refractivity contribution in [1.29, 1.82) is 0 Å². The van der Waals surface area contributed by atoms with Crippen LogP contribution in [0.2, 0.25) is 0 Å². The Hall–Kier alpha value is -0.920. The van der Waals surface area contributed by atoms with Crippen molar-refractivity contribution in [3.05, 3.63) is 23.8 Å². The van der Waals surface area contributed by atoms with Crippen LogP contribution in [0.25, 0.3) is 0 Å². The molecule has 1 aromatic heterocycles. The van der Waals surface area contributed by atoms with Gasteiger partial charge in [-0.25, -0.2) is 9.97 Å². The summed E-state index contributed by atoms with van der Waals surface area (Å²) in [7, 11) is 0. The highest BCUT2D eigenvalue weighted by Gasteiger charge is 2.42. The summed E-state index contributed by atoms with van der Waals surface area (Å²) in [6.07, 6.45) is 4.37. The summed E-state index contributed by atoms with van der Waals surface area (Å²) in [5.41, 5.74) is 1.56. The van der Waals surface area contributed by atoms with Crippen molar-refractivity contribution in [2.75, 3.05) is 0 Å². The molecule has 1 heterocycles. The zero-order chi connectivity index (χ0) is 10.4. The number of hydrogen-bond acceptors (Lipinski definition) is 2. The van der Waals surface area contributed by atoms with Crippen molar-refractivity contribution in [2.45, 2.75) is 51.4 Å². The molecule has 0 atom stereocenters. The molecule has 0 bridgehead atoms. The summed E-state index contributed by atoms with van der Waals surface area (Å²) in [4.78, 5) is 9.04. The maximum atomic E-state index is 4.67. The zero-order valence-corrected chi connectivity index (χ0v) is 9.46. The van der Waals surface area contributed by atoms with E-state index in [0.717, 1.165) is 11.5 Å². The van der Waals surface area contributed by atoms with Crippen LogP contribution in [-0.2, 0) is 10.8 Å². The molecule has 1 aliphatic rings. The van der Waals surface area contributed by atoms with Crippen molar-refractivity contribution in [1.82, 2.24) is 9.97 Å². The molecule has 0 spiro atoms. The maximum Gasteiger partial charge on any atom is 0.134 e. The first-order valence-electron chi connectivity index (χ1n) is 5.26. The van der Waals surface area contributed by atoms with E-state index >= 15 is 0 Å². The van der Waals surface area contributed by atoms with Gasteiger partial charge in [0.05, 0.1) is 0 Å². The molecule has 0 N–H and O–H groups in total. The number of rotatable bonds is 1. The van der Waals surface area contributed by atoms with Gasteiger partial charge in [0.25, 0.3) is 0 Å². The lowest BCUT2D eigenvalue weighted by atomic mass is 9.92. The van der Waals surface area contributed by atoms with Gasteiger partial charge in [0.15, 0.2) is 0 Å². The van der Waals surface area contributed by atoms with Crippen LogP contribution in [-0.4, -0.2) is 9.97 Å². The van der Waals surface area contributed by atoms with Crippen LogP contribution < -0.4 is 0 Å². The molecular weight excluding hydrogens is 172 g/mol. The smallest absolute Gasteiger partial charge is 0.134 e. The number of nitrogens with zero attached hydrogens (tertiary/aromatic N) is 2. The highest BCUT2D eigenvalue weighted by atomic mass is 14.9. The molecule has 0 saturated heterocycles. The average molecular weight is 190 g/mol. The molecule has 14 heavy (non-hydrogen) atoms. The molecule has 0 aromatic carbocycles. The third-order valence-corrected chi connectivity index (χ3v) is 2.96. The first-order valence-corrected chi connectivity index (χ1v) is 5.26. The first-order chi connectivity index (χ1) is 6.42. The summed E-state index contributed by atoms with van der Waals surface area (Å²) in [5, 5.41) is 0. The van der Waals surface area contributed by atoms with Gasteiger partial charge in [0, 0.05) is 22.7 Å². The van der Waals surface area contributed by atoms with E-state index in [4.69, 9.17) is 0 Å². The van der Waals surface area contributed by atoms with E-state index in [9.17, 15) is 0 Å². The normalized spacial score (nSPS) is 19.4. The van der Waals surface area contributed by atoms with Crippen LogP contribution in [0.1, 0.15) is 52.1 Å². The number of hydrogen-bond donors (Lipinski definition) is 0. The maximum absolute atomic E-state index is 4.67. The summed E-state index contributed by atoms with van der Waals surface area (Å²) in [6.45, 7) is 8.81. The van der Waals surface area contributed by atoms with Gasteiger partial charge in [0.2, 0.25) is 0 Å². The van der Waals surface area contributed by atoms with Gasteiger partial charge in [-0.15, -0.1) is 0 Å². The minimum atomic E-state index is 0.128. The molecule has 1 saturated carbocycles. The largest absolute Gasteiger partial charge is 0.241 e. The fourth-order valence-corrected chi connectivity index (χ4v) is 1.48. The highest BCUT2D eigenvalue weighted by molar-refractivity contribution is 5.20. The second-order valence-corrected chi connectivity index (χ2v) is 5.58. The van der Waals surface area contributed by atoms with Gasteiger partial charge in [0.1, 0.15) is 5.82 Å². The van der Waals surface area contributed by atoms with Gasteiger partial charge < -0.3 is 0 Å². The lowest BCUT2D eigenvalue weighted by Gasteiger charge is -2.19. The molecule has 76 valence electrons. The zero-order valence-electron chi connectivity index (χ0n) is 9.46. The van der Waals surface area contributed by atoms with Crippen LogP contribution in [0.3, 0.4) is 0 Å². The minimum Gasteiger partial charge on any atom is -0.241 e. The first kappa shape index (κ1) is 9.63. The fourth-order valence-electron chi connectivity index (χ4n) is 1.48. The lowest BCUT2D eigenvalue weighted by molar-refractivity contribution is 0.554. The van der Waals surface area contributed by atoms with Crippen LogP contribution in [0.5, 0.6) is 0 Å². The monoisotopic (exact) mass is 190 g/mol. The molecular formula is C12H18N2. The van der Waals surface area contributed by atoms with Crippen molar-refractivity contribution in [3.8, 4) is 0 Å². The van der Waals surface area contributed by atoms with Crippen LogP contribution >= 0.6 is 0 Å². The van der Waals surface area contributed by atoms with E-state index < -0.39 is 0 Å². The molecule has 2 heteroatoms. The van der Waals surface area contributed by atoms with Gasteiger partial charge in [-0.2, -0.15) is 0 Å². The molecule has 0 radical (unpaired) electrons. The molecule has 2 rings (SSSR count). The predicted molar refractivity (Wildman–Crippen MR) is 57.3 cm³/mol. The Morgan fingerprint density at radius 2 is 1.93 bits per heavy atom. The summed E-state index contributed by atoms with van der Waals surface area (Å²) >= 11 is 0. The third-order valence-electron chi connectivity index (χ3n) is 2.96. The fraction of sp³-hybridized carbons (Fsp3) is 0.667. The van der Waals surface area contributed by atoms with E-state index in [1.54, 1.807) is 0 Å². The second kappa shape index (κ2) is 2.78. The predicted octanol–water partition coefficient (Wildman–Crippen LogP) is 2.83. The van der Waals surface area contributed by atoms with E-state index in [-0.39, 0.29) is 10.8 Å². The Kier molecular flexibility index (Phi) is 1.91. The van der Waals surface area contributed by atoms with Gasteiger partial charge in [-0.1, -0.05) is 27.7 Å². The lowest BCUT2D eigenvalue weighted by Crippen LogP contribution is -2.17. The van der Waals surface area contributed by atoms with E-state index in [0.29, 0.717) is 0 Å². The Morgan fingerprint density at radius 3 is 2.43 bits per heavy atom. The van der Waals surface area contributed by atoms with E-state index in [2.05, 4.69) is 37.7 Å². The Balaban J connectivity index is 2.37. The molecule has 0 unspecified atom stereocenters. The van der Waals surface area contributed by atoms with Crippen LogP contribution in [0.4, 0.5) is 0 Å². The van der Waals surface area contributed by atoms with E-state index in [1.165, 1.54) is 12.8 Å². The van der Waals surface area contributed by atoms with Crippen molar-refractivity contribution in [2.24, 2.45) is 0 Å². The third kappa shape index (κ3) is 1.66. The topological polar surface area (TPSA) is 25.8 Å². The van der Waals surface area contributed by atoms with Gasteiger partial charge in [-0.05, 0) is 18.9 Å². The minimum absolute atomic E-state index is 0.128. The van der Waals surface area contributed by atoms with Gasteiger partial charge >= 0.3 is 0 Å². The van der Waals surface area contributed by atoms with Crippen LogP contribution in [0, 0.1) is 0 Å². The Bertz CT molecular complexity index is 325. The quantitative estimate of drug-likeness (QED) is 0.680. The number of aromatic nitrogens is 2. The van der Waals surface area contributed by atoms with Gasteiger partial charge in [-0.3, -0.25) is 0 Å². The molecule has 0 amide bonds. The highest BCUT2D eigenvalue weighted by Crippen LogP contribution is 2.45. The molecule has 1 fully saturated rings. The molecule has 0 aliphatic heterocycles. The molecule has 1 aliphatic carbocycles. The van der Waals surface area contributed by atoms with Crippen LogP contribution in [0.15, 0.2) is 12.3 Å². The summed E-state index contributed by atoms with van der Waals surface area (Å²) < 4.78 is 0. The Morgan fingerprint density at radius 1 is 1.29 bits per heavy atom. The molecule has 1 aromatic rings. The summed E-state index contributed by atoms with van der Waals surface area (Å²) in [5.74, 6) is 1.03. The standard InChI is InChI=1S/C12H18N2/c1-11(2,3)9-5-8-13-10(14-9)12(4)6-7-12/h5,8H,6-7H2,1-4H3. The van der Waals surface area contributed by atoms with Crippen molar-refractivity contribution < 1.29 is 0 Å². The SMILES string of the molecule is CC(C)(C)c1ccnc(C2(C)CC2)n1. The Labute approximate surface area is 85.8 Å². The average Bonchev–Trinajstić information content (AvgIpc) is 2.84. The summed E-state index contributed by atoms with van der Waals surface area (Å²) in [6, 6.07) is 2.02.